The predicted octanol–water partition coefficient (Wildman–Crippen LogP) is 3.01. The molecule has 0 aliphatic carbocycles. The van der Waals surface area contributed by atoms with E-state index in [1.807, 2.05) is 0 Å². The maximum absolute atomic E-state index is 13.1. The summed E-state index contributed by atoms with van der Waals surface area (Å²) in [5.74, 6) is -0.767. The van der Waals surface area contributed by atoms with Crippen molar-refractivity contribution < 1.29 is 24.2 Å². The second-order valence-corrected chi connectivity index (χ2v) is 8.45. The lowest BCUT2D eigenvalue weighted by atomic mass is 9.96. The molecule has 0 radical (unpaired) electrons. The number of likely N-dealkylation sites (tertiary alicyclic amines) is 1. The van der Waals surface area contributed by atoms with Crippen molar-refractivity contribution in [2.24, 2.45) is 0 Å². The van der Waals surface area contributed by atoms with Crippen LogP contribution < -0.4 is 4.74 Å². The summed E-state index contributed by atoms with van der Waals surface area (Å²) < 4.78 is 11.1. The summed E-state index contributed by atoms with van der Waals surface area (Å²) in [6.45, 7) is 6.61. The third-order valence-corrected chi connectivity index (χ3v) is 6.22. The smallest absolute Gasteiger partial charge is 0.295 e. The third kappa shape index (κ3) is 5.29. The first kappa shape index (κ1) is 23.9. The summed E-state index contributed by atoms with van der Waals surface area (Å²) in [7, 11) is 0. The highest BCUT2D eigenvalue weighted by Gasteiger charge is 2.46. The molecule has 1 atom stereocenters. The van der Waals surface area contributed by atoms with Gasteiger partial charge in [-0.3, -0.25) is 19.5 Å². The lowest BCUT2D eigenvalue weighted by Gasteiger charge is -2.30. The van der Waals surface area contributed by atoms with Crippen molar-refractivity contribution in [3.8, 4) is 5.75 Å². The Kier molecular flexibility index (Phi) is 7.92. The SMILES string of the molecule is CCCCOc1ccc(/C(O)=C2\C(=O)C(=O)N(CCN3CCOCC3)[C@@H]2c2ccncc2)cc1. The van der Waals surface area contributed by atoms with Crippen molar-refractivity contribution in [2.45, 2.75) is 25.8 Å². The highest BCUT2D eigenvalue weighted by atomic mass is 16.5. The largest absolute Gasteiger partial charge is 0.507 e. The van der Waals surface area contributed by atoms with Gasteiger partial charge in [0.25, 0.3) is 11.7 Å². The Balaban J connectivity index is 1.63. The van der Waals surface area contributed by atoms with Gasteiger partial charge in [-0.25, -0.2) is 0 Å². The number of pyridine rings is 1. The fourth-order valence-electron chi connectivity index (χ4n) is 4.28. The summed E-state index contributed by atoms with van der Waals surface area (Å²) >= 11 is 0. The second kappa shape index (κ2) is 11.3. The Bertz CT molecular complexity index is 1020. The van der Waals surface area contributed by atoms with Gasteiger partial charge in [0.1, 0.15) is 11.5 Å². The van der Waals surface area contributed by atoms with Gasteiger partial charge >= 0.3 is 0 Å². The first-order valence-electron chi connectivity index (χ1n) is 11.8. The van der Waals surface area contributed by atoms with E-state index in [2.05, 4.69) is 16.8 Å². The molecule has 180 valence electrons. The minimum Gasteiger partial charge on any atom is -0.507 e. The van der Waals surface area contributed by atoms with Crippen molar-refractivity contribution in [1.29, 1.82) is 0 Å². The zero-order valence-electron chi connectivity index (χ0n) is 19.5. The number of carbonyl (C=O) groups excluding carboxylic acids is 2. The number of unbranched alkanes of at least 4 members (excludes halogenated alkanes) is 1. The van der Waals surface area contributed by atoms with Crippen LogP contribution in [0.4, 0.5) is 0 Å². The molecule has 1 N–H and O–H groups in total. The standard InChI is InChI=1S/C26H31N3O5/c1-2-3-16-34-21-6-4-20(5-7-21)24(30)22-23(19-8-10-27-11-9-19)29(26(32)25(22)31)13-12-28-14-17-33-18-15-28/h4-11,23,30H,2-3,12-18H2,1H3/b24-22+/t23-/m1/s1. The van der Waals surface area contributed by atoms with Crippen LogP contribution in [0.3, 0.4) is 0 Å². The first-order chi connectivity index (χ1) is 16.6. The van der Waals surface area contributed by atoms with Crippen LogP contribution in [-0.4, -0.2) is 77.6 Å². The summed E-state index contributed by atoms with van der Waals surface area (Å²) in [4.78, 5) is 34.0. The van der Waals surface area contributed by atoms with Crippen LogP contribution in [-0.2, 0) is 14.3 Å². The molecule has 0 unspecified atom stereocenters. The van der Waals surface area contributed by atoms with Gasteiger partial charge in [0, 0.05) is 44.1 Å². The highest BCUT2D eigenvalue weighted by Crippen LogP contribution is 2.39. The van der Waals surface area contributed by atoms with Crippen molar-refractivity contribution in [2.75, 3.05) is 46.0 Å². The molecule has 1 aromatic heterocycles. The molecule has 0 saturated carbocycles. The highest BCUT2D eigenvalue weighted by molar-refractivity contribution is 6.46. The van der Waals surface area contributed by atoms with Gasteiger partial charge in [-0.15, -0.1) is 0 Å². The Labute approximate surface area is 199 Å². The number of nitrogens with zero attached hydrogens (tertiary/aromatic N) is 3. The Hall–Kier alpha value is -3.23. The van der Waals surface area contributed by atoms with Crippen LogP contribution in [0.2, 0.25) is 0 Å². The molecule has 2 saturated heterocycles. The van der Waals surface area contributed by atoms with Crippen molar-refractivity contribution in [3.05, 3.63) is 65.5 Å². The van der Waals surface area contributed by atoms with Gasteiger partial charge in [0.05, 0.1) is 31.4 Å². The van der Waals surface area contributed by atoms with Crippen molar-refractivity contribution in [1.82, 2.24) is 14.8 Å². The Morgan fingerprint density at radius 3 is 2.47 bits per heavy atom. The van der Waals surface area contributed by atoms with Crippen LogP contribution >= 0.6 is 0 Å². The van der Waals surface area contributed by atoms with Gasteiger partial charge < -0.3 is 19.5 Å². The van der Waals surface area contributed by atoms with Gasteiger partial charge in [0.15, 0.2) is 0 Å². The number of carbonyl (C=O) groups is 2. The molecule has 0 bridgehead atoms. The van der Waals surface area contributed by atoms with Crippen LogP contribution in [0.1, 0.15) is 36.9 Å². The number of aromatic nitrogens is 1. The molecule has 8 nitrogen and oxygen atoms in total. The number of hydrogen-bond donors (Lipinski definition) is 1. The fraction of sp³-hybridized carbons (Fsp3) is 0.423. The molecule has 2 aromatic rings. The van der Waals surface area contributed by atoms with Crippen LogP contribution in [0.5, 0.6) is 5.75 Å². The van der Waals surface area contributed by atoms with Crippen LogP contribution in [0.25, 0.3) is 5.76 Å². The minimum atomic E-state index is -0.676. The number of ether oxygens (including phenoxy) is 2. The number of benzene rings is 1. The van der Waals surface area contributed by atoms with Crippen LogP contribution in [0.15, 0.2) is 54.4 Å². The summed E-state index contributed by atoms with van der Waals surface area (Å²) in [6.07, 6.45) is 5.25. The monoisotopic (exact) mass is 465 g/mol. The number of rotatable bonds is 9. The van der Waals surface area contributed by atoms with E-state index in [1.165, 1.54) is 0 Å². The average Bonchev–Trinajstić information content (AvgIpc) is 3.13. The number of amides is 1. The summed E-state index contributed by atoms with van der Waals surface area (Å²) in [5, 5.41) is 11.2. The second-order valence-electron chi connectivity index (χ2n) is 8.45. The van der Waals surface area contributed by atoms with E-state index in [1.54, 1.807) is 53.7 Å². The van der Waals surface area contributed by atoms with E-state index in [0.717, 1.165) is 31.5 Å². The molecule has 2 fully saturated rings. The predicted molar refractivity (Wildman–Crippen MR) is 127 cm³/mol. The first-order valence-corrected chi connectivity index (χ1v) is 11.8. The van der Waals surface area contributed by atoms with Gasteiger partial charge in [-0.2, -0.15) is 0 Å². The molecule has 8 heteroatoms. The van der Waals surface area contributed by atoms with Crippen molar-refractivity contribution in [3.63, 3.8) is 0 Å². The lowest BCUT2D eigenvalue weighted by Crippen LogP contribution is -2.42. The number of aliphatic hydroxyl groups is 1. The lowest BCUT2D eigenvalue weighted by molar-refractivity contribution is -0.140. The molecule has 34 heavy (non-hydrogen) atoms. The molecule has 0 spiro atoms. The summed E-state index contributed by atoms with van der Waals surface area (Å²) in [6, 6.07) is 9.82. The fourth-order valence-corrected chi connectivity index (χ4v) is 4.28. The van der Waals surface area contributed by atoms with Gasteiger partial charge in [0.2, 0.25) is 0 Å². The molecular weight excluding hydrogens is 434 g/mol. The zero-order chi connectivity index (χ0) is 23.9. The van der Waals surface area contributed by atoms with E-state index >= 15 is 0 Å². The molecular formula is C26H31N3O5. The minimum absolute atomic E-state index is 0.0952. The number of morpholine rings is 1. The Morgan fingerprint density at radius 1 is 1.09 bits per heavy atom. The normalized spacial score (nSPS) is 20.6. The average molecular weight is 466 g/mol. The van der Waals surface area contributed by atoms with Crippen LogP contribution in [0, 0.1) is 0 Å². The molecule has 2 aliphatic rings. The van der Waals surface area contributed by atoms with E-state index in [9.17, 15) is 14.7 Å². The maximum atomic E-state index is 13.1. The van der Waals surface area contributed by atoms with Crippen molar-refractivity contribution >= 4 is 17.4 Å². The third-order valence-electron chi connectivity index (χ3n) is 6.22. The Morgan fingerprint density at radius 2 is 1.79 bits per heavy atom. The molecule has 1 aromatic carbocycles. The maximum Gasteiger partial charge on any atom is 0.295 e. The van der Waals surface area contributed by atoms with Gasteiger partial charge in [-0.1, -0.05) is 13.3 Å². The van der Waals surface area contributed by atoms with E-state index in [-0.39, 0.29) is 11.3 Å². The number of ketones is 1. The molecule has 1 amide bonds. The number of hydrogen-bond acceptors (Lipinski definition) is 7. The van der Waals surface area contributed by atoms with E-state index < -0.39 is 17.7 Å². The molecule has 4 rings (SSSR count). The van der Waals surface area contributed by atoms with E-state index in [4.69, 9.17) is 9.47 Å². The number of Topliss-reactive ketones (excluding diaryl/α,β-unsaturated/α-hetero) is 1. The summed E-state index contributed by atoms with van der Waals surface area (Å²) in [5.41, 5.74) is 1.29. The molecule has 2 aliphatic heterocycles. The zero-order valence-corrected chi connectivity index (χ0v) is 19.5. The van der Waals surface area contributed by atoms with Gasteiger partial charge in [-0.05, 0) is 48.4 Å². The quantitative estimate of drug-likeness (QED) is 0.263. The number of aliphatic hydroxyl groups excluding tert-OH is 1. The van der Waals surface area contributed by atoms with E-state index in [0.29, 0.717) is 44.2 Å². The topological polar surface area (TPSA) is 92.2 Å². The molecule has 3 heterocycles.